The Morgan fingerprint density at radius 3 is 2.85 bits per heavy atom. The van der Waals surface area contributed by atoms with Gasteiger partial charge in [-0.3, -0.25) is 0 Å². The Labute approximate surface area is 79.6 Å². The van der Waals surface area contributed by atoms with E-state index in [9.17, 15) is 0 Å². The molecule has 0 saturated heterocycles. The van der Waals surface area contributed by atoms with Gasteiger partial charge in [0.15, 0.2) is 0 Å². The quantitative estimate of drug-likeness (QED) is 0.531. The van der Waals surface area contributed by atoms with E-state index in [-0.39, 0.29) is 12.1 Å². The SMILES string of the molecule is COCCN=N[C@@H]1CCCC[C@@H]1N. The highest BCUT2D eigenvalue weighted by atomic mass is 16.5. The fourth-order valence-corrected chi connectivity index (χ4v) is 1.58. The van der Waals surface area contributed by atoms with Crippen LogP contribution in [0.3, 0.4) is 0 Å². The van der Waals surface area contributed by atoms with Crippen LogP contribution in [0, 0.1) is 0 Å². The molecular weight excluding hydrogens is 166 g/mol. The Kier molecular flexibility index (Phi) is 4.93. The first kappa shape index (κ1) is 10.6. The van der Waals surface area contributed by atoms with Crippen LogP contribution >= 0.6 is 0 Å². The number of methoxy groups -OCH3 is 1. The number of nitrogens with two attached hydrogens (primary N) is 1. The molecule has 1 fully saturated rings. The van der Waals surface area contributed by atoms with E-state index in [0.717, 1.165) is 12.8 Å². The lowest BCUT2D eigenvalue weighted by Gasteiger charge is -2.23. The van der Waals surface area contributed by atoms with Crippen LogP contribution in [0.2, 0.25) is 0 Å². The minimum Gasteiger partial charge on any atom is -0.383 e. The fourth-order valence-electron chi connectivity index (χ4n) is 1.58. The van der Waals surface area contributed by atoms with Gasteiger partial charge < -0.3 is 10.5 Å². The normalized spacial score (nSPS) is 29.7. The predicted octanol–water partition coefficient (Wildman–Crippen LogP) is 1.35. The van der Waals surface area contributed by atoms with Crippen molar-refractivity contribution in [2.24, 2.45) is 16.0 Å². The van der Waals surface area contributed by atoms with E-state index >= 15 is 0 Å². The largest absolute Gasteiger partial charge is 0.383 e. The lowest BCUT2D eigenvalue weighted by atomic mass is 9.92. The molecule has 1 aliphatic carbocycles. The number of nitrogens with zero attached hydrogens (tertiary/aromatic N) is 2. The van der Waals surface area contributed by atoms with Crippen molar-refractivity contribution in [3.8, 4) is 0 Å². The number of rotatable bonds is 4. The molecule has 0 aromatic carbocycles. The molecule has 1 aliphatic rings. The fraction of sp³-hybridized carbons (Fsp3) is 1.00. The summed E-state index contributed by atoms with van der Waals surface area (Å²) in [5, 5.41) is 8.28. The van der Waals surface area contributed by atoms with E-state index in [1.165, 1.54) is 12.8 Å². The van der Waals surface area contributed by atoms with E-state index in [1.54, 1.807) is 7.11 Å². The lowest BCUT2D eigenvalue weighted by Crippen LogP contribution is -2.35. The van der Waals surface area contributed by atoms with Crippen molar-refractivity contribution < 1.29 is 4.74 Å². The van der Waals surface area contributed by atoms with E-state index in [1.807, 2.05) is 0 Å². The average Bonchev–Trinajstić information content (AvgIpc) is 2.15. The van der Waals surface area contributed by atoms with Crippen LogP contribution in [0.4, 0.5) is 0 Å². The Bertz CT molecular complexity index is 161. The second-order valence-electron chi connectivity index (χ2n) is 3.49. The van der Waals surface area contributed by atoms with Gasteiger partial charge in [-0.05, 0) is 12.8 Å². The molecule has 0 unspecified atom stereocenters. The van der Waals surface area contributed by atoms with Gasteiger partial charge >= 0.3 is 0 Å². The van der Waals surface area contributed by atoms with Crippen molar-refractivity contribution in [3.05, 3.63) is 0 Å². The summed E-state index contributed by atoms with van der Waals surface area (Å²) in [5.74, 6) is 0. The van der Waals surface area contributed by atoms with Crippen molar-refractivity contribution in [2.45, 2.75) is 37.8 Å². The molecule has 13 heavy (non-hydrogen) atoms. The standard InChI is InChI=1S/C9H19N3O/c1-13-7-6-11-12-9-5-3-2-4-8(9)10/h8-9H,2-7,10H2,1H3/t8-,9+/m0/s1. The van der Waals surface area contributed by atoms with Crippen LogP contribution in [-0.2, 0) is 4.74 Å². The van der Waals surface area contributed by atoms with Crippen LogP contribution in [0.5, 0.6) is 0 Å². The molecule has 4 nitrogen and oxygen atoms in total. The number of azo groups is 1. The van der Waals surface area contributed by atoms with Crippen LogP contribution in [0.25, 0.3) is 0 Å². The van der Waals surface area contributed by atoms with Gasteiger partial charge in [-0.2, -0.15) is 10.2 Å². The Balaban J connectivity index is 2.21. The molecule has 1 saturated carbocycles. The Morgan fingerprint density at radius 2 is 2.15 bits per heavy atom. The summed E-state index contributed by atoms with van der Waals surface area (Å²) in [7, 11) is 1.67. The zero-order valence-electron chi connectivity index (χ0n) is 8.28. The van der Waals surface area contributed by atoms with Gasteiger partial charge in [-0.1, -0.05) is 12.8 Å². The number of hydrogen-bond acceptors (Lipinski definition) is 4. The minimum atomic E-state index is 0.222. The maximum atomic E-state index is 5.91. The average molecular weight is 185 g/mol. The molecule has 0 heterocycles. The van der Waals surface area contributed by atoms with Crippen molar-refractivity contribution >= 4 is 0 Å². The van der Waals surface area contributed by atoms with Gasteiger partial charge in [0.25, 0.3) is 0 Å². The molecule has 0 bridgehead atoms. The Morgan fingerprint density at radius 1 is 1.38 bits per heavy atom. The van der Waals surface area contributed by atoms with Crippen molar-refractivity contribution in [1.82, 2.24) is 0 Å². The van der Waals surface area contributed by atoms with Crippen molar-refractivity contribution in [3.63, 3.8) is 0 Å². The summed E-state index contributed by atoms with van der Waals surface area (Å²) >= 11 is 0. The van der Waals surface area contributed by atoms with Crippen LogP contribution in [0.1, 0.15) is 25.7 Å². The first-order chi connectivity index (χ1) is 6.34. The molecule has 0 aliphatic heterocycles. The van der Waals surface area contributed by atoms with Crippen molar-refractivity contribution in [1.29, 1.82) is 0 Å². The van der Waals surface area contributed by atoms with Crippen molar-refractivity contribution in [2.75, 3.05) is 20.3 Å². The van der Waals surface area contributed by atoms with E-state index < -0.39 is 0 Å². The highest BCUT2D eigenvalue weighted by Crippen LogP contribution is 2.19. The van der Waals surface area contributed by atoms with Gasteiger partial charge in [0, 0.05) is 13.2 Å². The molecule has 0 spiro atoms. The molecule has 0 radical (unpaired) electrons. The van der Waals surface area contributed by atoms with E-state index in [4.69, 9.17) is 10.5 Å². The molecule has 2 atom stereocenters. The molecular formula is C9H19N3O. The zero-order chi connectivity index (χ0) is 9.52. The van der Waals surface area contributed by atoms with Crippen LogP contribution in [0.15, 0.2) is 10.2 Å². The molecule has 2 N–H and O–H groups in total. The second kappa shape index (κ2) is 6.05. The topological polar surface area (TPSA) is 60.0 Å². The molecule has 0 amide bonds. The van der Waals surface area contributed by atoms with Gasteiger partial charge in [0.05, 0.1) is 19.2 Å². The third-order valence-corrected chi connectivity index (χ3v) is 2.41. The molecule has 1 rings (SSSR count). The van der Waals surface area contributed by atoms with Gasteiger partial charge in [0.1, 0.15) is 0 Å². The highest BCUT2D eigenvalue weighted by molar-refractivity contribution is 4.82. The second-order valence-corrected chi connectivity index (χ2v) is 3.49. The third kappa shape index (κ3) is 3.83. The van der Waals surface area contributed by atoms with E-state index in [2.05, 4.69) is 10.2 Å². The molecule has 0 aromatic rings. The van der Waals surface area contributed by atoms with Crippen LogP contribution in [-0.4, -0.2) is 32.3 Å². The maximum Gasteiger partial charge on any atom is 0.0858 e. The Hall–Kier alpha value is -0.480. The summed E-state index contributed by atoms with van der Waals surface area (Å²) in [6, 6.07) is 0.477. The lowest BCUT2D eigenvalue weighted by molar-refractivity contribution is 0.205. The summed E-state index contributed by atoms with van der Waals surface area (Å²) in [6.07, 6.45) is 4.67. The molecule has 76 valence electrons. The number of hydrogen-bond donors (Lipinski definition) is 1. The smallest absolute Gasteiger partial charge is 0.0858 e. The van der Waals surface area contributed by atoms with E-state index in [0.29, 0.717) is 13.2 Å². The third-order valence-electron chi connectivity index (χ3n) is 2.41. The highest BCUT2D eigenvalue weighted by Gasteiger charge is 2.20. The molecule has 4 heteroatoms. The van der Waals surface area contributed by atoms with Gasteiger partial charge in [0.2, 0.25) is 0 Å². The minimum absolute atomic E-state index is 0.222. The maximum absolute atomic E-state index is 5.91. The summed E-state index contributed by atoms with van der Waals surface area (Å²) in [6.45, 7) is 1.30. The summed E-state index contributed by atoms with van der Waals surface area (Å²) < 4.78 is 4.87. The first-order valence-corrected chi connectivity index (χ1v) is 4.95. The summed E-state index contributed by atoms with van der Waals surface area (Å²) in [4.78, 5) is 0. The number of ether oxygens (including phenoxy) is 1. The van der Waals surface area contributed by atoms with Gasteiger partial charge in [-0.25, -0.2) is 0 Å². The van der Waals surface area contributed by atoms with Crippen LogP contribution < -0.4 is 5.73 Å². The van der Waals surface area contributed by atoms with Gasteiger partial charge in [-0.15, -0.1) is 0 Å². The summed E-state index contributed by atoms with van der Waals surface area (Å²) in [5.41, 5.74) is 5.91. The zero-order valence-corrected chi connectivity index (χ0v) is 8.28. The first-order valence-electron chi connectivity index (χ1n) is 4.95. The monoisotopic (exact) mass is 185 g/mol. The molecule has 0 aromatic heterocycles. The predicted molar refractivity (Wildman–Crippen MR) is 51.8 cm³/mol.